The number of benzene rings is 1. The molecule has 8 atom stereocenters. The second-order valence-electron chi connectivity index (χ2n) is 12.5. The van der Waals surface area contributed by atoms with E-state index in [0.29, 0.717) is 32.5 Å². The van der Waals surface area contributed by atoms with Crippen LogP contribution in [0.1, 0.15) is 77.3 Å². The van der Waals surface area contributed by atoms with Gasteiger partial charge in [-0.25, -0.2) is 4.79 Å². The molecule has 2 bridgehead atoms. The zero-order valence-corrected chi connectivity index (χ0v) is 23.0. The van der Waals surface area contributed by atoms with Crippen LogP contribution in [0.25, 0.3) is 0 Å². The van der Waals surface area contributed by atoms with E-state index < -0.39 is 35.6 Å². The number of ketones is 1. The highest BCUT2D eigenvalue weighted by Gasteiger charge is 2.69. The molecule has 1 unspecified atom stereocenters. The first-order chi connectivity index (χ1) is 17.6. The molecule has 7 heteroatoms. The van der Waals surface area contributed by atoms with Crippen molar-refractivity contribution in [2.45, 2.75) is 91.5 Å². The summed E-state index contributed by atoms with van der Waals surface area (Å²) >= 11 is 0. The van der Waals surface area contributed by atoms with Crippen molar-refractivity contribution in [2.75, 3.05) is 13.2 Å². The highest BCUT2D eigenvalue weighted by atomic mass is 16.6. The van der Waals surface area contributed by atoms with Crippen LogP contribution in [0.4, 0.5) is 0 Å². The van der Waals surface area contributed by atoms with Gasteiger partial charge in [0.2, 0.25) is 0 Å². The summed E-state index contributed by atoms with van der Waals surface area (Å²) in [6.45, 7) is 9.60. The van der Waals surface area contributed by atoms with Gasteiger partial charge in [0.1, 0.15) is 18.5 Å². The summed E-state index contributed by atoms with van der Waals surface area (Å²) in [5.41, 5.74) is 6.58. The summed E-state index contributed by atoms with van der Waals surface area (Å²) in [5, 5.41) is 25.2. The van der Waals surface area contributed by atoms with E-state index in [1.165, 1.54) is 0 Å². The number of nitrogens with two attached hydrogens (primary N) is 1. The molecule has 0 spiro atoms. The number of carbonyl (C=O) groups is 2. The largest absolute Gasteiger partial charge is 0.460 e. The minimum Gasteiger partial charge on any atom is -0.460 e. The maximum Gasteiger partial charge on any atom is 0.332 e. The molecule has 3 aliphatic rings. The molecule has 206 valence electrons. The number of nitrogens with one attached hydrogen (secondary N) is 1. The predicted octanol–water partition coefficient (Wildman–Crippen LogP) is 3.34. The van der Waals surface area contributed by atoms with Gasteiger partial charge < -0.3 is 26.0 Å². The molecule has 1 aromatic rings. The van der Waals surface area contributed by atoms with Gasteiger partial charge in [-0.05, 0) is 60.0 Å². The minimum absolute atomic E-state index is 0.0986. The molecule has 0 amide bonds. The molecule has 7 nitrogen and oxygen atoms in total. The van der Waals surface area contributed by atoms with Crippen molar-refractivity contribution in [3.63, 3.8) is 0 Å². The van der Waals surface area contributed by atoms with Gasteiger partial charge in [-0.15, -0.1) is 0 Å². The molecule has 3 aliphatic carbocycles. The van der Waals surface area contributed by atoms with Crippen LogP contribution in [-0.4, -0.2) is 47.3 Å². The second-order valence-corrected chi connectivity index (χ2v) is 12.5. The standard InChI is InChI=1S/C30H46N2O5/c1-5-28(3)14-24(37-25(35)18-33)29(4)19(2)10-12-30(13-11-23(34)26(29)30)22(27(28)36)17-32-16-21-8-6-20(15-31)7-9-21/h6-9,19,22,24,26-27,32-33,36H,5,10-18,31H2,1-4H3/t19-,22-,24-,26?,27+,28+,29+,30+/m1/s1. The number of hydrogen-bond acceptors (Lipinski definition) is 7. The summed E-state index contributed by atoms with van der Waals surface area (Å²) in [6, 6.07) is 8.25. The third-order valence-electron chi connectivity index (χ3n) is 10.8. The lowest BCUT2D eigenvalue weighted by molar-refractivity contribution is -0.215. The van der Waals surface area contributed by atoms with Crippen molar-refractivity contribution in [1.29, 1.82) is 0 Å². The Morgan fingerprint density at radius 1 is 1.19 bits per heavy atom. The Bertz CT molecular complexity index is 983. The van der Waals surface area contributed by atoms with Crippen LogP contribution in [0.2, 0.25) is 0 Å². The Morgan fingerprint density at radius 3 is 2.49 bits per heavy atom. The van der Waals surface area contributed by atoms with E-state index >= 15 is 0 Å². The van der Waals surface area contributed by atoms with E-state index in [1.54, 1.807) is 0 Å². The molecule has 0 aromatic heterocycles. The summed E-state index contributed by atoms with van der Waals surface area (Å²) in [6.07, 6.45) is 3.05. The number of aliphatic hydroxyl groups excluding tert-OH is 2. The van der Waals surface area contributed by atoms with E-state index in [9.17, 15) is 19.8 Å². The molecular formula is C30H46N2O5. The van der Waals surface area contributed by atoms with Gasteiger partial charge in [0.15, 0.2) is 0 Å². The van der Waals surface area contributed by atoms with Crippen molar-refractivity contribution in [1.82, 2.24) is 5.32 Å². The Balaban J connectivity index is 1.72. The number of Topliss-reactive ketones (excluding diaryl/α,β-unsaturated/α-hetero) is 1. The molecule has 3 saturated carbocycles. The molecule has 0 saturated heterocycles. The van der Waals surface area contributed by atoms with Crippen molar-refractivity contribution >= 4 is 11.8 Å². The van der Waals surface area contributed by atoms with Gasteiger partial charge in [-0.2, -0.15) is 0 Å². The van der Waals surface area contributed by atoms with Gasteiger partial charge in [-0.3, -0.25) is 4.79 Å². The number of rotatable bonds is 8. The normalized spacial score (nSPS) is 39.5. The maximum absolute atomic E-state index is 13.7. The van der Waals surface area contributed by atoms with E-state index in [2.05, 4.69) is 45.1 Å². The second kappa shape index (κ2) is 10.8. The molecule has 37 heavy (non-hydrogen) atoms. The van der Waals surface area contributed by atoms with E-state index in [4.69, 9.17) is 10.5 Å². The summed E-state index contributed by atoms with van der Waals surface area (Å²) in [4.78, 5) is 26.1. The number of esters is 1. The van der Waals surface area contributed by atoms with Crippen molar-refractivity contribution in [2.24, 2.45) is 39.7 Å². The Kier molecular flexibility index (Phi) is 8.20. The van der Waals surface area contributed by atoms with E-state index in [-0.39, 0.29) is 29.0 Å². The predicted molar refractivity (Wildman–Crippen MR) is 142 cm³/mol. The third-order valence-corrected chi connectivity index (χ3v) is 10.8. The van der Waals surface area contributed by atoms with Gasteiger partial charge in [0.05, 0.1) is 6.10 Å². The zero-order valence-electron chi connectivity index (χ0n) is 23.0. The van der Waals surface area contributed by atoms with Gasteiger partial charge in [-0.1, -0.05) is 52.0 Å². The van der Waals surface area contributed by atoms with Crippen LogP contribution in [0.5, 0.6) is 0 Å². The van der Waals surface area contributed by atoms with Crippen LogP contribution in [-0.2, 0) is 27.4 Å². The fourth-order valence-electron chi connectivity index (χ4n) is 8.13. The first kappa shape index (κ1) is 28.2. The average Bonchev–Trinajstić information content (AvgIpc) is 3.25. The topological polar surface area (TPSA) is 122 Å². The molecule has 4 rings (SSSR count). The first-order valence-corrected chi connectivity index (χ1v) is 14.1. The smallest absolute Gasteiger partial charge is 0.332 e. The minimum atomic E-state index is -0.686. The fourth-order valence-corrected chi connectivity index (χ4v) is 8.13. The lowest BCUT2D eigenvalue weighted by Crippen LogP contribution is -2.65. The maximum atomic E-state index is 13.7. The van der Waals surface area contributed by atoms with E-state index in [0.717, 1.165) is 36.8 Å². The Morgan fingerprint density at radius 2 is 1.86 bits per heavy atom. The monoisotopic (exact) mass is 514 g/mol. The number of ether oxygens (including phenoxy) is 1. The average molecular weight is 515 g/mol. The van der Waals surface area contributed by atoms with Crippen molar-refractivity contribution in [3.05, 3.63) is 35.4 Å². The van der Waals surface area contributed by atoms with Crippen LogP contribution in [0.3, 0.4) is 0 Å². The molecule has 1 aromatic carbocycles. The Hall–Kier alpha value is -1.80. The number of carbonyl (C=O) groups excluding carboxylic acids is 2. The fraction of sp³-hybridized carbons (Fsp3) is 0.733. The molecule has 0 radical (unpaired) electrons. The van der Waals surface area contributed by atoms with Crippen LogP contribution in [0.15, 0.2) is 24.3 Å². The van der Waals surface area contributed by atoms with Gasteiger partial charge >= 0.3 is 5.97 Å². The quantitative estimate of drug-likeness (QED) is 0.393. The summed E-state index contributed by atoms with van der Waals surface area (Å²) in [5.74, 6) is -0.637. The SMILES string of the molecule is CC[C@@]1(C)C[C@@H](OC(=O)CO)[C@@]2(C)C3C(=O)CC[C@@]3(CC[C@H]2C)[C@H](CNCc2ccc(CN)cc2)[C@@H]1O. The summed E-state index contributed by atoms with van der Waals surface area (Å²) < 4.78 is 5.95. The van der Waals surface area contributed by atoms with Crippen LogP contribution < -0.4 is 11.1 Å². The lowest BCUT2D eigenvalue weighted by Gasteiger charge is -2.62. The highest BCUT2D eigenvalue weighted by molar-refractivity contribution is 5.85. The summed E-state index contributed by atoms with van der Waals surface area (Å²) in [7, 11) is 0. The van der Waals surface area contributed by atoms with Crippen LogP contribution >= 0.6 is 0 Å². The number of aliphatic hydroxyl groups is 2. The molecule has 5 N–H and O–H groups in total. The zero-order chi connectivity index (χ0) is 27.0. The number of hydrogen-bond donors (Lipinski definition) is 4. The third kappa shape index (κ3) is 4.77. The van der Waals surface area contributed by atoms with Crippen LogP contribution in [0, 0.1) is 34.0 Å². The highest BCUT2D eigenvalue weighted by Crippen LogP contribution is 2.68. The lowest BCUT2D eigenvalue weighted by atomic mass is 9.43. The molecular weight excluding hydrogens is 468 g/mol. The van der Waals surface area contributed by atoms with Crippen molar-refractivity contribution in [3.8, 4) is 0 Å². The van der Waals surface area contributed by atoms with Crippen molar-refractivity contribution < 1.29 is 24.5 Å². The molecule has 0 aliphatic heterocycles. The van der Waals surface area contributed by atoms with Gasteiger partial charge in [0.25, 0.3) is 0 Å². The van der Waals surface area contributed by atoms with Gasteiger partial charge in [0, 0.05) is 43.3 Å². The first-order valence-electron chi connectivity index (χ1n) is 14.1. The van der Waals surface area contributed by atoms with E-state index in [1.807, 2.05) is 12.1 Å². The Labute approximate surface area is 221 Å². The molecule has 3 fully saturated rings. The molecule has 0 heterocycles.